The van der Waals surface area contributed by atoms with E-state index in [9.17, 15) is 4.79 Å². The van der Waals surface area contributed by atoms with Gasteiger partial charge in [0.15, 0.2) is 17.8 Å². The highest BCUT2D eigenvalue weighted by Gasteiger charge is 2.11. The summed E-state index contributed by atoms with van der Waals surface area (Å²) in [4.78, 5) is 23.0. The highest BCUT2D eigenvalue weighted by molar-refractivity contribution is 5.94. The van der Waals surface area contributed by atoms with Gasteiger partial charge in [-0.15, -0.1) is 0 Å². The average molecular weight is 317 g/mol. The van der Waals surface area contributed by atoms with E-state index in [-0.39, 0.29) is 5.76 Å². The van der Waals surface area contributed by atoms with Crippen molar-refractivity contribution in [2.75, 3.05) is 0 Å². The largest absolute Gasteiger partial charge is 0.454 e. The van der Waals surface area contributed by atoms with Crippen LogP contribution in [-0.4, -0.2) is 21.2 Å². The summed E-state index contributed by atoms with van der Waals surface area (Å²) < 4.78 is 11.3. The smallest absolute Gasteiger partial charge is 0.185 e. The van der Waals surface area contributed by atoms with E-state index in [1.165, 1.54) is 6.33 Å². The molecule has 0 aliphatic rings. The first kappa shape index (κ1) is 14.1. The van der Waals surface area contributed by atoms with Crippen molar-refractivity contribution in [3.63, 3.8) is 0 Å². The standard InChI is InChI=1S/C18H11N3O3/c22-10-15-5-13-6-19-9-17(18(13)24-15)12-2-1-3-14(4-12)23-16-7-20-11-21-8-16/h1-11H. The molecule has 0 aliphatic carbocycles. The molecule has 0 radical (unpaired) electrons. The molecule has 3 heterocycles. The monoisotopic (exact) mass is 317 g/mol. The van der Waals surface area contributed by atoms with E-state index in [1.807, 2.05) is 24.3 Å². The highest BCUT2D eigenvalue weighted by Crippen LogP contribution is 2.32. The topological polar surface area (TPSA) is 78.1 Å². The molecule has 0 atom stereocenters. The molecule has 0 saturated heterocycles. The quantitative estimate of drug-likeness (QED) is 0.531. The van der Waals surface area contributed by atoms with Crippen molar-refractivity contribution in [3.05, 3.63) is 67.2 Å². The van der Waals surface area contributed by atoms with Crippen LogP contribution < -0.4 is 4.74 Å². The number of furan rings is 1. The van der Waals surface area contributed by atoms with Gasteiger partial charge < -0.3 is 9.15 Å². The molecule has 6 heteroatoms. The molecule has 3 aromatic heterocycles. The third kappa shape index (κ3) is 2.61. The maximum atomic E-state index is 10.9. The highest BCUT2D eigenvalue weighted by atomic mass is 16.5. The van der Waals surface area contributed by atoms with E-state index >= 15 is 0 Å². The van der Waals surface area contributed by atoms with E-state index < -0.39 is 0 Å². The Labute approximate surface area is 136 Å². The molecular weight excluding hydrogens is 306 g/mol. The molecule has 0 fully saturated rings. The van der Waals surface area contributed by atoms with Gasteiger partial charge in [-0.25, -0.2) is 9.97 Å². The van der Waals surface area contributed by atoms with Crippen LogP contribution in [0.25, 0.3) is 22.1 Å². The van der Waals surface area contributed by atoms with Crippen LogP contribution in [0, 0.1) is 0 Å². The molecule has 4 rings (SSSR count). The number of benzene rings is 1. The Bertz CT molecular complexity index is 1010. The van der Waals surface area contributed by atoms with E-state index in [1.54, 1.807) is 30.9 Å². The van der Waals surface area contributed by atoms with Gasteiger partial charge in [0.25, 0.3) is 0 Å². The number of aldehydes is 1. The number of pyridine rings is 1. The van der Waals surface area contributed by atoms with Gasteiger partial charge in [0.1, 0.15) is 17.7 Å². The van der Waals surface area contributed by atoms with Crippen molar-refractivity contribution >= 4 is 17.3 Å². The minimum absolute atomic E-state index is 0.271. The zero-order valence-corrected chi connectivity index (χ0v) is 12.4. The van der Waals surface area contributed by atoms with Gasteiger partial charge in [0.2, 0.25) is 0 Å². The van der Waals surface area contributed by atoms with Crippen LogP contribution in [0.15, 0.2) is 65.9 Å². The van der Waals surface area contributed by atoms with E-state index in [4.69, 9.17) is 9.15 Å². The zero-order valence-electron chi connectivity index (χ0n) is 12.4. The second-order valence-corrected chi connectivity index (χ2v) is 5.08. The van der Waals surface area contributed by atoms with E-state index in [0.717, 1.165) is 16.5 Å². The van der Waals surface area contributed by atoms with Gasteiger partial charge in [-0.05, 0) is 23.8 Å². The Morgan fingerprint density at radius 3 is 2.67 bits per heavy atom. The van der Waals surface area contributed by atoms with Crippen LogP contribution in [-0.2, 0) is 0 Å². The number of hydrogen-bond acceptors (Lipinski definition) is 6. The summed E-state index contributed by atoms with van der Waals surface area (Å²) in [6, 6.07) is 9.17. The first-order valence-electron chi connectivity index (χ1n) is 7.19. The van der Waals surface area contributed by atoms with Gasteiger partial charge in [-0.3, -0.25) is 9.78 Å². The molecule has 0 amide bonds. The number of ether oxygens (including phenoxy) is 1. The molecule has 0 N–H and O–H groups in total. The number of nitrogens with zero attached hydrogens (tertiary/aromatic N) is 3. The van der Waals surface area contributed by atoms with Gasteiger partial charge in [-0.1, -0.05) is 12.1 Å². The molecule has 0 aliphatic heterocycles. The first-order valence-corrected chi connectivity index (χ1v) is 7.19. The summed E-state index contributed by atoms with van der Waals surface area (Å²) in [6.07, 6.45) is 8.66. The van der Waals surface area contributed by atoms with Crippen molar-refractivity contribution in [2.24, 2.45) is 0 Å². The maximum Gasteiger partial charge on any atom is 0.185 e. The Hall–Kier alpha value is -3.54. The summed E-state index contributed by atoms with van der Waals surface area (Å²) in [5.41, 5.74) is 2.27. The Morgan fingerprint density at radius 1 is 0.958 bits per heavy atom. The summed E-state index contributed by atoms with van der Waals surface area (Å²) >= 11 is 0. The first-order chi connectivity index (χ1) is 11.8. The summed E-state index contributed by atoms with van der Waals surface area (Å²) in [6.45, 7) is 0. The summed E-state index contributed by atoms with van der Waals surface area (Å²) in [5.74, 6) is 1.46. The number of aromatic nitrogens is 3. The molecule has 0 unspecified atom stereocenters. The number of carbonyl (C=O) groups excluding carboxylic acids is 1. The van der Waals surface area contributed by atoms with Crippen LogP contribution in [0.5, 0.6) is 11.5 Å². The van der Waals surface area contributed by atoms with Gasteiger partial charge in [0.05, 0.1) is 12.4 Å². The van der Waals surface area contributed by atoms with Crippen LogP contribution in [0.4, 0.5) is 0 Å². The lowest BCUT2D eigenvalue weighted by molar-refractivity contribution is 0.110. The number of fused-ring (bicyclic) bond motifs is 1. The maximum absolute atomic E-state index is 10.9. The second kappa shape index (κ2) is 5.92. The molecule has 24 heavy (non-hydrogen) atoms. The molecule has 116 valence electrons. The summed E-state index contributed by atoms with van der Waals surface area (Å²) in [5, 5.41) is 0.775. The van der Waals surface area contributed by atoms with Crippen LogP contribution in [0.2, 0.25) is 0 Å². The Morgan fingerprint density at radius 2 is 1.83 bits per heavy atom. The van der Waals surface area contributed by atoms with E-state index in [0.29, 0.717) is 23.4 Å². The normalized spacial score (nSPS) is 10.7. The summed E-state index contributed by atoms with van der Waals surface area (Å²) in [7, 11) is 0. The Balaban J connectivity index is 1.76. The molecule has 0 saturated carbocycles. The van der Waals surface area contributed by atoms with Crippen LogP contribution in [0.1, 0.15) is 10.6 Å². The van der Waals surface area contributed by atoms with Crippen LogP contribution in [0.3, 0.4) is 0 Å². The van der Waals surface area contributed by atoms with E-state index in [2.05, 4.69) is 15.0 Å². The lowest BCUT2D eigenvalue weighted by Gasteiger charge is -2.07. The third-order valence-electron chi connectivity index (χ3n) is 3.48. The predicted molar refractivity (Wildman–Crippen MR) is 86.9 cm³/mol. The number of carbonyl (C=O) groups is 1. The SMILES string of the molecule is O=Cc1cc2cncc(-c3cccc(Oc4cncnc4)c3)c2o1. The van der Waals surface area contributed by atoms with Crippen LogP contribution >= 0.6 is 0 Å². The second-order valence-electron chi connectivity index (χ2n) is 5.08. The lowest BCUT2D eigenvalue weighted by atomic mass is 10.1. The minimum atomic E-state index is 0.271. The predicted octanol–water partition coefficient (Wildman–Crippen LogP) is 3.89. The third-order valence-corrected chi connectivity index (χ3v) is 3.48. The fraction of sp³-hybridized carbons (Fsp3) is 0. The molecular formula is C18H11N3O3. The van der Waals surface area contributed by atoms with Gasteiger partial charge in [-0.2, -0.15) is 0 Å². The van der Waals surface area contributed by atoms with Crippen molar-refractivity contribution < 1.29 is 13.9 Å². The fourth-order valence-electron chi connectivity index (χ4n) is 2.45. The molecule has 6 nitrogen and oxygen atoms in total. The van der Waals surface area contributed by atoms with Crippen molar-refractivity contribution in [3.8, 4) is 22.6 Å². The zero-order chi connectivity index (χ0) is 16.4. The lowest BCUT2D eigenvalue weighted by Crippen LogP contribution is -1.87. The number of rotatable bonds is 4. The van der Waals surface area contributed by atoms with Crippen molar-refractivity contribution in [1.29, 1.82) is 0 Å². The number of hydrogen-bond donors (Lipinski definition) is 0. The fourth-order valence-corrected chi connectivity index (χ4v) is 2.45. The average Bonchev–Trinajstić information content (AvgIpc) is 3.06. The van der Waals surface area contributed by atoms with Crippen molar-refractivity contribution in [2.45, 2.75) is 0 Å². The molecule has 4 aromatic rings. The molecule has 1 aromatic carbocycles. The molecule has 0 bridgehead atoms. The van der Waals surface area contributed by atoms with Gasteiger partial charge >= 0.3 is 0 Å². The molecule has 0 spiro atoms. The minimum Gasteiger partial charge on any atom is -0.454 e. The Kier molecular flexibility index (Phi) is 3.47. The van der Waals surface area contributed by atoms with Crippen molar-refractivity contribution in [1.82, 2.24) is 15.0 Å². The van der Waals surface area contributed by atoms with Gasteiger partial charge in [0, 0.05) is 23.3 Å².